The van der Waals surface area contributed by atoms with E-state index in [4.69, 9.17) is 5.73 Å². The lowest BCUT2D eigenvalue weighted by atomic mass is 10.3. The quantitative estimate of drug-likeness (QED) is 0.905. The fraction of sp³-hybridized carbons (Fsp3) is 0.308. The number of anilines is 1. The third-order valence-electron chi connectivity index (χ3n) is 2.93. The van der Waals surface area contributed by atoms with Crippen LogP contribution in [0.3, 0.4) is 0 Å². The predicted octanol–water partition coefficient (Wildman–Crippen LogP) is 2.08. The SMILES string of the molecule is CCCn1c(C)c(N)c(=O)n1-c1cccc(F)c1. The summed E-state index contributed by atoms with van der Waals surface area (Å²) < 4.78 is 16.5. The van der Waals surface area contributed by atoms with Crippen molar-refractivity contribution in [1.82, 2.24) is 9.36 Å². The van der Waals surface area contributed by atoms with Gasteiger partial charge in [0.15, 0.2) is 0 Å². The maximum Gasteiger partial charge on any atom is 0.294 e. The summed E-state index contributed by atoms with van der Waals surface area (Å²) in [6, 6.07) is 5.94. The van der Waals surface area contributed by atoms with E-state index < -0.39 is 0 Å². The average molecular weight is 249 g/mol. The van der Waals surface area contributed by atoms with Crippen LogP contribution >= 0.6 is 0 Å². The summed E-state index contributed by atoms with van der Waals surface area (Å²) in [5.74, 6) is -0.375. The van der Waals surface area contributed by atoms with Crippen molar-refractivity contribution in [2.75, 3.05) is 5.73 Å². The molecule has 1 aromatic carbocycles. The van der Waals surface area contributed by atoms with E-state index in [1.54, 1.807) is 23.7 Å². The Morgan fingerprint density at radius 3 is 2.72 bits per heavy atom. The van der Waals surface area contributed by atoms with Crippen molar-refractivity contribution < 1.29 is 4.39 Å². The number of hydrogen-bond acceptors (Lipinski definition) is 2. The molecule has 5 heteroatoms. The van der Waals surface area contributed by atoms with Gasteiger partial charge in [-0.25, -0.2) is 9.07 Å². The van der Waals surface area contributed by atoms with Crippen molar-refractivity contribution in [1.29, 1.82) is 0 Å². The molecule has 0 saturated heterocycles. The molecule has 0 saturated carbocycles. The molecule has 18 heavy (non-hydrogen) atoms. The Morgan fingerprint density at radius 2 is 2.11 bits per heavy atom. The summed E-state index contributed by atoms with van der Waals surface area (Å²) in [7, 11) is 0. The first-order valence-electron chi connectivity index (χ1n) is 5.90. The Hall–Kier alpha value is -2.04. The van der Waals surface area contributed by atoms with Crippen LogP contribution in [0.1, 0.15) is 19.0 Å². The standard InChI is InChI=1S/C13H16FN3O/c1-3-7-16-9(2)12(15)13(18)17(16)11-6-4-5-10(14)8-11/h4-6,8H,3,7,15H2,1-2H3. The molecular weight excluding hydrogens is 233 g/mol. The second kappa shape index (κ2) is 4.68. The molecule has 0 radical (unpaired) electrons. The van der Waals surface area contributed by atoms with E-state index in [-0.39, 0.29) is 17.1 Å². The molecule has 4 nitrogen and oxygen atoms in total. The molecule has 0 unspecified atom stereocenters. The molecule has 1 heterocycles. The van der Waals surface area contributed by atoms with E-state index >= 15 is 0 Å². The van der Waals surface area contributed by atoms with Gasteiger partial charge in [-0.1, -0.05) is 13.0 Å². The highest BCUT2D eigenvalue weighted by Crippen LogP contribution is 2.14. The Kier molecular flexibility index (Phi) is 3.23. The Morgan fingerprint density at radius 1 is 1.39 bits per heavy atom. The minimum atomic E-state index is -0.375. The van der Waals surface area contributed by atoms with Gasteiger partial charge in [0.1, 0.15) is 11.5 Å². The zero-order chi connectivity index (χ0) is 13.3. The van der Waals surface area contributed by atoms with Gasteiger partial charge < -0.3 is 5.73 Å². The maximum absolute atomic E-state index is 13.3. The van der Waals surface area contributed by atoms with E-state index in [1.165, 1.54) is 16.8 Å². The number of nitrogen functional groups attached to an aromatic ring is 1. The van der Waals surface area contributed by atoms with Crippen molar-refractivity contribution in [2.45, 2.75) is 26.8 Å². The van der Waals surface area contributed by atoms with Gasteiger partial charge in [0.05, 0.1) is 11.4 Å². The van der Waals surface area contributed by atoms with Crippen molar-refractivity contribution >= 4 is 5.69 Å². The topological polar surface area (TPSA) is 52.9 Å². The zero-order valence-electron chi connectivity index (χ0n) is 10.5. The summed E-state index contributed by atoms with van der Waals surface area (Å²) in [6.07, 6.45) is 0.865. The van der Waals surface area contributed by atoms with Crippen LogP contribution in [0.2, 0.25) is 0 Å². The fourth-order valence-corrected chi connectivity index (χ4v) is 2.01. The van der Waals surface area contributed by atoms with Gasteiger partial charge in [-0.15, -0.1) is 0 Å². The van der Waals surface area contributed by atoms with Gasteiger partial charge in [0.25, 0.3) is 5.56 Å². The minimum absolute atomic E-state index is 0.215. The van der Waals surface area contributed by atoms with Crippen LogP contribution in [-0.4, -0.2) is 9.36 Å². The highest BCUT2D eigenvalue weighted by atomic mass is 19.1. The lowest BCUT2D eigenvalue weighted by molar-refractivity contribution is 0.521. The van der Waals surface area contributed by atoms with Crippen LogP contribution < -0.4 is 11.3 Å². The second-order valence-electron chi connectivity index (χ2n) is 4.22. The average Bonchev–Trinajstić information content (AvgIpc) is 2.55. The number of hydrogen-bond donors (Lipinski definition) is 1. The minimum Gasteiger partial charge on any atom is -0.393 e. The summed E-state index contributed by atoms with van der Waals surface area (Å²) in [5, 5.41) is 0. The Bertz CT molecular complexity index is 628. The molecule has 1 aromatic heterocycles. The lowest BCUT2D eigenvalue weighted by Gasteiger charge is -2.12. The third kappa shape index (κ3) is 1.92. The molecule has 0 fully saturated rings. The zero-order valence-corrected chi connectivity index (χ0v) is 10.5. The number of nitrogens with two attached hydrogens (primary N) is 1. The van der Waals surface area contributed by atoms with Crippen molar-refractivity contribution in [3.05, 3.63) is 46.1 Å². The van der Waals surface area contributed by atoms with E-state index in [0.29, 0.717) is 17.9 Å². The van der Waals surface area contributed by atoms with E-state index in [0.717, 1.165) is 6.42 Å². The highest BCUT2D eigenvalue weighted by molar-refractivity contribution is 5.44. The number of nitrogens with zero attached hydrogens (tertiary/aromatic N) is 2. The molecule has 0 bridgehead atoms. The summed E-state index contributed by atoms with van der Waals surface area (Å²) in [4.78, 5) is 12.1. The van der Waals surface area contributed by atoms with Crippen LogP contribution in [-0.2, 0) is 6.54 Å². The largest absolute Gasteiger partial charge is 0.393 e. The predicted molar refractivity (Wildman–Crippen MR) is 69.4 cm³/mol. The normalized spacial score (nSPS) is 10.8. The van der Waals surface area contributed by atoms with Crippen LogP contribution in [0, 0.1) is 12.7 Å². The molecule has 2 N–H and O–H groups in total. The fourth-order valence-electron chi connectivity index (χ4n) is 2.01. The molecule has 2 rings (SSSR count). The van der Waals surface area contributed by atoms with Gasteiger partial charge in [-0.3, -0.25) is 9.48 Å². The van der Waals surface area contributed by atoms with Crippen LogP contribution in [0.4, 0.5) is 10.1 Å². The molecule has 96 valence electrons. The molecule has 0 aliphatic carbocycles. The van der Waals surface area contributed by atoms with E-state index in [1.807, 2.05) is 6.92 Å². The summed E-state index contributed by atoms with van der Waals surface area (Å²) in [5.41, 5.74) is 6.88. The van der Waals surface area contributed by atoms with Gasteiger partial charge in [0, 0.05) is 6.54 Å². The summed E-state index contributed by atoms with van der Waals surface area (Å²) >= 11 is 0. The van der Waals surface area contributed by atoms with E-state index in [9.17, 15) is 9.18 Å². The van der Waals surface area contributed by atoms with Crippen LogP contribution in [0.5, 0.6) is 0 Å². The van der Waals surface area contributed by atoms with Crippen molar-refractivity contribution in [2.24, 2.45) is 0 Å². The van der Waals surface area contributed by atoms with Crippen molar-refractivity contribution in [3.63, 3.8) is 0 Å². The van der Waals surface area contributed by atoms with Crippen LogP contribution in [0.25, 0.3) is 5.69 Å². The number of halogens is 1. The first-order valence-corrected chi connectivity index (χ1v) is 5.90. The molecule has 0 aliphatic rings. The summed E-state index contributed by atoms with van der Waals surface area (Å²) in [6.45, 7) is 4.47. The first-order chi connectivity index (χ1) is 8.56. The van der Waals surface area contributed by atoms with Gasteiger partial charge >= 0.3 is 0 Å². The second-order valence-corrected chi connectivity index (χ2v) is 4.22. The van der Waals surface area contributed by atoms with Crippen molar-refractivity contribution in [3.8, 4) is 5.69 Å². The number of rotatable bonds is 3. The van der Waals surface area contributed by atoms with Gasteiger partial charge in [-0.2, -0.15) is 0 Å². The smallest absolute Gasteiger partial charge is 0.294 e. The Balaban J connectivity index is 2.70. The maximum atomic E-state index is 13.3. The highest BCUT2D eigenvalue weighted by Gasteiger charge is 2.15. The molecule has 0 amide bonds. The first kappa shape index (κ1) is 12.4. The van der Waals surface area contributed by atoms with Crippen LogP contribution in [0.15, 0.2) is 29.1 Å². The third-order valence-corrected chi connectivity index (χ3v) is 2.93. The molecule has 0 atom stereocenters. The lowest BCUT2D eigenvalue weighted by Crippen LogP contribution is -2.22. The van der Waals surface area contributed by atoms with Gasteiger partial charge in [0.2, 0.25) is 0 Å². The molecular formula is C13H16FN3O. The monoisotopic (exact) mass is 249 g/mol. The Labute approximate surface area is 104 Å². The van der Waals surface area contributed by atoms with Gasteiger partial charge in [-0.05, 0) is 31.5 Å². The van der Waals surface area contributed by atoms with E-state index in [2.05, 4.69) is 0 Å². The number of benzene rings is 1. The molecule has 0 aliphatic heterocycles. The number of aromatic nitrogens is 2. The molecule has 2 aromatic rings. The molecule has 0 spiro atoms.